The minimum Gasteiger partial charge on any atom is -0.497 e. The quantitative estimate of drug-likeness (QED) is 0.526. The average Bonchev–Trinajstić information content (AvgIpc) is 3.34. The van der Waals surface area contributed by atoms with Gasteiger partial charge in [0, 0.05) is 10.8 Å². The fourth-order valence-corrected chi connectivity index (χ4v) is 3.22. The number of nitrogens with one attached hydrogen (secondary N) is 1. The van der Waals surface area contributed by atoms with Gasteiger partial charge in [-0.1, -0.05) is 5.21 Å². The van der Waals surface area contributed by atoms with Crippen molar-refractivity contribution in [2.75, 3.05) is 19.5 Å². The van der Waals surface area contributed by atoms with Gasteiger partial charge in [-0.05, 0) is 24.3 Å². The number of rotatable bonds is 5. The van der Waals surface area contributed by atoms with Crippen molar-refractivity contribution in [2.45, 2.75) is 0 Å². The molecule has 1 aromatic carbocycles. The number of carbonyl (C=O) groups excluding carboxylic acids is 1. The standard InChI is InChI=1S/C17H14N6O3S/c1-25-11-5-3-10(4-6-11)23-15-13(21-22-23)7-18-17(20-15)19-14-9-27-8-12(14)16(24)26-2/h3-9H,1-2H3,(H,18,19,20). The van der Waals surface area contributed by atoms with Crippen LogP contribution in [0.15, 0.2) is 41.2 Å². The van der Waals surface area contributed by atoms with E-state index in [1.807, 2.05) is 24.3 Å². The molecular weight excluding hydrogens is 368 g/mol. The van der Waals surface area contributed by atoms with Crippen LogP contribution in [-0.2, 0) is 4.74 Å². The molecule has 3 aromatic heterocycles. The number of fused-ring (bicyclic) bond motifs is 1. The molecule has 0 radical (unpaired) electrons. The fraction of sp³-hybridized carbons (Fsp3) is 0.118. The second-order valence-corrected chi connectivity index (χ2v) is 6.16. The number of anilines is 2. The van der Waals surface area contributed by atoms with E-state index in [1.54, 1.807) is 28.7 Å². The summed E-state index contributed by atoms with van der Waals surface area (Å²) in [6.07, 6.45) is 1.57. The summed E-state index contributed by atoms with van der Waals surface area (Å²) in [5.41, 5.74) is 2.87. The van der Waals surface area contributed by atoms with Gasteiger partial charge in [-0.15, -0.1) is 16.4 Å². The summed E-state index contributed by atoms with van der Waals surface area (Å²) in [6, 6.07) is 7.38. The Labute approximate surface area is 157 Å². The van der Waals surface area contributed by atoms with Gasteiger partial charge in [0.05, 0.1) is 37.4 Å². The van der Waals surface area contributed by atoms with E-state index in [4.69, 9.17) is 9.47 Å². The Kier molecular flexibility index (Phi) is 4.38. The van der Waals surface area contributed by atoms with Crippen LogP contribution < -0.4 is 10.1 Å². The van der Waals surface area contributed by atoms with Gasteiger partial charge in [0.1, 0.15) is 5.75 Å². The van der Waals surface area contributed by atoms with Crippen LogP contribution in [0.3, 0.4) is 0 Å². The summed E-state index contributed by atoms with van der Waals surface area (Å²) < 4.78 is 11.6. The fourth-order valence-electron chi connectivity index (χ4n) is 2.47. The molecule has 27 heavy (non-hydrogen) atoms. The SMILES string of the molecule is COC(=O)c1cscc1Nc1ncc2nnn(-c3ccc(OC)cc3)c2n1. The van der Waals surface area contributed by atoms with Crippen molar-refractivity contribution in [2.24, 2.45) is 0 Å². The molecule has 136 valence electrons. The predicted octanol–water partition coefficient (Wildman–Crippen LogP) is 2.81. The van der Waals surface area contributed by atoms with E-state index in [-0.39, 0.29) is 0 Å². The van der Waals surface area contributed by atoms with E-state index < -0.39 is 5.97 Å². The Balaban J connectivity index is 1.70. The molecule has 0 amide bonds. The lowest BCUT2D eigenvalue weighted by Gasteiger charge is -2.06. The van der Waals surface area contributed by atoms with Gasteiger partial charge < -0.3 is 14.8 Å². The topological polar surface area (TPSA) is 104 Å². The molecule has 0 saturated carbocycles. The molecule has 0 unspecified atom stereocenters. The molecule has 0 aliphatic heterocycles. The molecule has 0 aliphatic rings. The first-order valence-electron chi connectivity index (χ1n) is 7.84. The van der Waals surface area contributed by atoms with Crippen LogP contribution in [0.5, 0.6) is 5.75 Å². The highest BCUT2D eigenvalue weighted by atomic mass is 32.1. The molecule has 0 aliphatic carbocycles. The number of nitrogens with zero attached hydrogens (tertiary/aromatic N) is 5. The van der Waals surface area contributed by atoms with E-state index in [0.717, 1.165) is 11.4 Å². The van der Waals surface area contributed by atoms with Crippen LogP contribution in [0, 0.1) is 0 Å². The van der Waals surface area contributed by atoms with Crippen molar-refractivity contribution in [3.05, 3.63) is 46.8 Å². The van der Waals surface area contributed by atoms with E-state index in [1.165, 1.54) is 18.4 Å². The molecule has 0 saturated heterocycles. The van der Waals surface area contributed by atoms with Crippen molar-refractivity contribution in [3.63, 3.8) is 0 Å². The molecule has 4 rings (SSSR count). The summed E-state index contributed by atoms with van der Waals surface area (Å²) in [6.45, 7) is 0. The number of carbonyl (C=O) groups is 1. The first kappa shape index (κ1) is 16.9. The Hall–Kier alpha value is -3.53. The number of ether oxygens (including phenoxy) is 2. The molecule has 9 nitrogen and oxygen atoms in total. The predicted molar refractivity (Wildman–Crippen MR) is 99.9 cm³/mol. The summed E-state index contributed by atoms with van der Waals surface area (Å²) in [4.78, 5) is 20.5. The normalized spacial score (nSPS) is 10.7. The molecule has 0 spiro atoms. The van der Waals surface area contributed by atoms with Crippen LogP contribution in [0.2, 0.25) is 0 Å². The molecule has 0 bridgehead atoms. The Morgan fingerprint density at radius 1 is 1.19 bits per heavy atom. The highest BCUT2D eigenvalue weighted by Gasteiger charge is 2.15. The second-order valence-electron chi connectivity index (χ2n) is 5.42. The van der Waals surface area contributed by atoms with Gasteiger partial charge in [0.15, 0.2) is 11.2 Å². The van der Waals surface area contributed by atoms with E-state index in [9.17, 15) is 4.79 Å². The van der Waals surface area contributed by atoms with Crippen molar-refractivity contribution >= 4 is 40.1 Å². The molecule has 3 heterocycles. The maximum absolute atomic E-state index is 11.8. The van der Waals surface area contributed by atoms with Gasteiger partial charge in [-0.2, -0.15) is 9.67 Å². The van der Waals surface area contributed by atoms with Gasteiger partial charge >= 0.3 is 5.97 Å². The minimum atomic E-state index is -0.426. The van der Waals surface area contributed by atoms with Gasteiger partial charge in [0.2, 0.25) is 5.95 Å². The van der Waals surface area contributed by atoms with Crippen LogP contribution in [-0.4, -0.2) is 45.2 Å². The summed E-state index contributed by atoms with van der Waals surface area (Å²) in [5.74, 6) is 0.640. The van der Waals surface area contributed by atoms with Crippen LogP contribution in [0.25, 0.3) is 16.9 Å². The zero-order chi connectivity index (χ0) is 18.8. The highest BCUT2D eigenvalue weighted by molar-refractivity contribution is 7.08. The first-order valence-corrected chi connectivity index (χ1v) is 8.78. The lowest BCUT2D eigenvalue weighted by molar-refractivity contribution is 0.0602. The third kappa shape index (κ3) is 3.17. The van der Waals surface area contributed by atoms with Crippen molar-refractivity contribution in [3.8, 4) is 11.4 Å². The number of methoxy groups -OCH3 is 2. The highest BCUT2D eigenvalue weighted by Crippen LogP contribution is 2.25. The summed E-state index contributed by atoms with van der Waals surface area (Å²) >= 11 is 1.38. The number of hydrogen-bond donors (Lipinski definition) is 1. The maximum atomic E-state index is 11.8. The van der Waals surface area contributed by atoms with Crippen LogP contribution in [0.4, 0.5) is 11.6 Å². The molecule has 1 N–H and O–H groups in total. The molecule has 4 aromatic rings. The van der Waals surface area contributed by atoms with E-state index in [0.29, 0.717) is 28.4 Å². The van der Waals surface area contributed by atoms with Gasteiger partial charge in [-0.25, -0.2) is 9.78 Å². The number of esters is 1. The monoisotopic (exact) mass is 382 g/mol. The van der Waals surface area contributed by atoms with Crippen LogP contribution in [0.1, 0.15) is 10.4 Å². The minimum absolute atomic E-state index is 0.322. The zero-order valence-corrected chi connectivity index (χ0v) is 15.2. The maximum Gasteiger partial charge on any atom is 0.340 e. The first-order chi connectivity index (χ1) is 13.2. The van der Waals surface area contributed by atoms with Crippen molar-refractivity contribution < 1.29 is 14.3 Å². The number of hydrogen-bond acceptors (Lipinski definition) is 9. The molecule has 10 heteroatoms. The smallest absolute Gasteiger partial charge is 0.340 e. The lowest BCUT2D eigenvalue weighted by atomic mass is 10.3. The molecular formula is C17H14N6O3S. The Morgan fingerprint density at radius 2 is 2.00 bits per heavy atom. The number of aromatic nitrogens is 5. The van der Waals surface area contributed by atoms with Crippen molar-refractivity contribution in [1.82, 2.24) is 25.0 Å². The average molecular weight is 382 g/mol. The van der Waals surface area contributed by atoms with Crippen LogP contribution >= 0.6 is 11.3 Å². The third-order valence-corrected chi connectivity index (χ3v) is 4.57. The van der Waals surface area contributed by atoms with Gasteiger partial charge in [0.25, 0.3) is 0 Å². The number of thiophene rings is 1. The second kappa shape index (κ2) is 7.00. The molecule has 0 fully saturated rings. The Morgan fingerprint density at radius 3 is 2.74 bits per heavy atom. The van der Waals surface area contributed by atoms with Crippen molar-refractivity contribution in [1.29, 1.82) is 0 Å². The van der Waals surface area contributed by atoms with E-state index in [2.05, 4.69) is 25.6 Å². The third-order valence-electron chi connectivity index (χ3n) is 3.82. The lowest BCUT2D eigenvalue weighted by Crippen LogP contribution is -2.05. The van der Waals surface area contributed by atoms with Gasteiger partial charge in [-0.3, -0.25) is 0 Å². The largest absolute Gasteiger partial charge is 0.497 e. The zero-order valence-electron chi connectivity index (χ0n) is 14.4. The molecule has 0 atom stereocenters. The summed E-state index contributed by atoms with van der Waals surface area (Å²) in [5, 5.41) is 14.8. The van der Waals surface area contributed by atoms with E-state index >= 15 is 0 Å². The number of benzene rings is 1. The summed E-state index contributed by atoms with van der Waals surface area (Å²) in [7, 11) is 2.95. The Bertz CT molecular complexity index is 1110.